The molecule has 2 rings (SSSR count). The van der Waals surface area contributed by atoms with Crippen LogP contribution in [-0.2, 0) is 11.2 Å². The Hall–Kier alpha value is -1.22. The quantitative estimate of drug-likeness (QED) is 0.640. The molecule has 2 unspecified atom stereocenters. The molecule has 1 heterocycles. The highest BCUT2D eigenvalue weighted by Crippen LogP contribution is 2.30. The van der Waals surface area contributed by atoms with Crippen molar-refractivity contribution in [3.63, 3.8) is 0 Å². The van der Waals surface area contributed by atoms with E-state index in [1.807, 2.05) is 6.07 Å². The fourth-order valence-corrected chi connectivity index (χ4v) is 3.16. The van der Waals surface area contributed by atoms with E-state index >= 15 is 0 Å². The molecule has 0 spiro atoms. The minimum Gasteiger partial charge on any atom is -0.493 e. The van der Waals surface area contributed by atoms with Crippen LogP contribution in [0.25, 0.3) is 0 Å². The predicted molar refractivity (Wildman–Crippen MR) is 94.5 cm³/mol. The van der Waals surface area contributed by atoms with Crippen LogP contribution < -0.4 is 9.47 Å². The predicted octanol–water partition coefficient (Wildman–Crippen LogP) is 5.01. The summed E-state index contributed by atoms with van der Waals surface area (Å²) in [6, 6.07) is 6.22. The van der Waals surface area contributed by atoms with E-state index in [0.29, 0.717) is 5.92 Å². The molecule has 1 aromatic carbocycles. The van der Waals surface area contributed by atoms with Gasteiger partial charge in [0.25, 0.3) is 0 Å². The third kappa shape index (κ3) is 5.72. The number of hydrogen-bond donors (Lipinski definition) is 0. The molecular weight excluding hydrogens is 288 g/mol. The van der Waals surface area contributed by atoms with Crippen molar-refractivity contribution in [3.05, 3.63) is 23.8 Å². The Labute approximate surface area is 141 Å². The van der Waals surface area contributed by atoms with Crippen molar-refractivity contribution in [2.45, 2.75) is 71.5 Å². The van der Waals surface area contributed by atoms with Crippen molar-refractivity contribution in [1.29, 1.82) is 0 Å². The van der Waals surface area contributed by atoms with E-state index in [1.54, 1.807) is 7.11 Å². The van der Waals surface area contributed by atoms with Gasteiger partial charge >= 0.3 is 0 Å². The number of methoxy groups -OCH3 is 1. The van der Waals surface area contributed by atoms with E-state index in [1.165, 1.54) is 18.4 Å². The average Bonchev–Trinajstić information content (AvgIpc) is 2.94. The molecule has 130 valence electrons. The zero-order valence-corrected chi connectivity index (χ0v) is 15.4. The van der Waals surface area contributed by atoms with E-state index in [4.69, 9.17) is 14.2 Å². The van der Waals surface area contributed by atoms with E-state index < -0.39 is 0 Å². The second-order valence-corrected chi connectivity index (χ2v) is 7.49. The van der Waals surface area contributed by atoms with Crippen LogP contribution in [0.3, 0.4) is 0 Å². The van der Waals surface area contributed by atoms with Crippen LogP contribution in [0.4, 0.5) is 0 Å². The summed E-state index contributed by atoms with van der Waals surface area (Å²) < 4.78 is 17.2. The lowest BCUT2D eigenvalue weighted by atomic mass is 9.93. The van der Waals surface area contributed by atoms with Gasteiger partial charge in [-0.3, -0.25) is 0 Å². The van der Waals surface area contributed by atoms with E-state index in [2.05, 4.69) is 39.8 Å². The van der Waals surface area contributed by atoms with Crippen molar-refractivity contribution < 1.29 is 14.2 Å². The van der Waals surface area contributed by atoms with Crippen LogP contribution in [0.2, 0.25) is 0 Å². The highest BCUT2D eigenvalue weighted by molar-refractivity contribution is 5.42. The van der Waals surface area contributed by atoms with Gasteiger partial charge in [0.2, 0.25) is 0 Å². The largest absolute Gasteiger partial charge is 0.493 e. The summed E-state index contributed by atoms with van der Waals surface area (Å²) in [6.45, 7) is 9.57. The maximum Gasteiger partial charge on any atom is 0.126 e. The summed E-state index contributed by atoms with van der Waals surface area (Å²) in [5.41, 5.74) is 1.28. The fraction of sp³-hybridized carbons (Fsp3) is 0.700. The molecule has 3 heteroatoms. The zero-order chi connectivity index (χ0) is 16.9. The number of rotatable bonds is 9. The van der Waals surface area contributed by atoms with Crippen molar-refractivity contribution in [2.24, 2.45) is 5.92 Å². The Morgan fingerprint density at radius 2 is 2.04 bits per heavy atom. The van der Waals surface area contributed by atoms with Crippen LogP contribution in [0, 0.1) is 5.92 Å². The standard InChI is InChI=1S/C20H32O3/c1-15(7-6-11-20(3,4)21-5)13-16(2)23-18-9-8-17-10-12-22-19(17)14-18/h8-9,14-16H,6-7,10-13H2,1-5H3. The topological polar surface area (TPSA) is 27.7 Å². The molecule has 0 amide bonds. The minimum atomic E-state index is -0.00769. The molecule has 23 heavy (non-hydrogen) atoms. The van der Waals surface area contributed by atoms with Crippen LogP contribution >= 0.6 is 0 Å². The van der Waals surface area contributed by atoms with Gasteiger partial charge in [-0.2, -0.15) is 0 Å². The SMILES string of the molecule is COC(C)(C)CCCC(C)CC(C)Oc1ccc2c(c1)OCC2. The molecule has 3 nitrogen and oxygen atoms in total. The molecule has 0 aromatic heterocycles. The lowest BCUT2D eigenvalue weighted by Gasteiger charge is -2.24. The third-order valence-corrected chi connectivity index (χ3v) is 4.77. The Kier molecular flexibility index (Phi) is 6.34. The molecule has 0 bridgehead atoms. The van der Waals surface area contributed by atoms with Gasteiger partial charge in [-0.05, 0) is 51.2 Å². The van der Waals surface area contributed by atoms with Crippen molar-refractivity contribution in [3.8, 4) is 11.5 Å². The van der Waals surface area contributed by atoms with Gasteiger partial charge in [0.15, 0.2) is 0 Å². The zero-order valence-electron chi connectivity index (χ0n) is 15.4. The summed E-state index contributed by atoms with van der Waals surface area (Å²) in [5, 5.41) is 0. The summed E-state index contributed by atoms with van der Waals surface area (Å²) in [5.74, 6) is 2.57. The van der Waals surface area contributed by atoms with Gasteiger partial charge in [-0.25, -0.2) is 0 Å². The van der Waals surface area contributed by atoms with Gasteiger partial charge in [0, 0.05) is 19.6 Å². The Morgan fingerprint density at radius 1 is 1.26 bits per heavy atom. The first-order valence-corrected chi connectivity index (χ1v) is 8.87. The first kappa shape index (κ1) is 18.1. The number of ether oxygens (including phenoxy) is 3. The maximum absolute atomic E-state index is 6.07. The minimum absolute atomic E-state index is 0.00769. The first-order chi connectivity index (χ1) is 10.9. The summed E-state index contributed by atoms with van der Waals surface area (Å²) >= 11 is 0. The lowest BCUT2D eigenvalue weighted by Crippen LogP contribution is -2.22. The van der Waals surface area contributed by atoms with E-state index in [9.17, 15) is 0 Å². The summed E-state index contributed by atoms with van der Waals surface area (Å²) in [4.78, 5) is 0. The fourth-order valence-electron chi connectivity index (χ4n) is 3.16. The monoisotopic (exact) mass is 320 g/mol. The van der Waals surface area contributed by atoms with Crippen molar-refractivity contribution in [1.82, 2.24) is 0 Å². The highest BCUT2D eigenvalue weighted by atomic mass is 16.5. The lowest BCUT2D eigenvalue weighted by molar-refractivity contribution is 0.0124. The summed E-state index contributed by atoms with van der Waals surface area (Å²) in [6.07, 6.45) is 5.83. The molecule has 1 aliphatic rings. The van der Waals surface area contributed by atoms with Gasteiger partial charge in [0.1, 0.15) is 11.5 Å². The van der Waals surface area contributed by atoms with Crippen LogP contribution in [0.15, 0.2) is 18.2 Å². The second-order valence-electron chi connectivity index (χ2n) is 7.49. The van der Waals surface area contributed by atoms with E-state index in [-0.39, 0.29) is 11.7 Å². The molecule has 0 aliphatic carbocycles. The molecular formula is C20H32O3. The second kappa shape index (κ2) is 8.05. The molecule has 0 N–H and O–H groups in total. The molecule has 0 saturated carbocycles. The normalized spacial score (nSPS) is 16.6. The van der Waals surface area contributed by atoms with Crippen LogP contribution in [-0.4, -0.2) is 25.4 Å². The van der Waals surface area contributed by atoms with Crippen molar-refractivity contribution in [2.75, 3.05) is 13.7 Å². The molecule has 1 aromatic rings. The molecule has 0 radical (unpaired) electrons. The molecule has 2 atom stereocenters. The third-order valence-electron chi connectivity index (χ3n) is 4.77. The van der Waals surface area contributed by atoms with Gasteiger partial charge in [-0.15, -0.1) is 0 Å². The van der Waals surface area contributed by atoms with Gasteiger partial charge < -0.3 is 14.2 Å². The molecule has 1 aliphatic heterocycles. The van der Waals surface area contributed by atoms with E-state index in [0.717, 1.165) is 37.4 Å². The maximum atomic E-state index is 6.07. The Balaban J connectivity index is 1.72. The van der Waals surface area contributed by atoms with Gasteiger partial charge in [-0.1, -0.05) is 25.8 Å². The number of benzene rings is 1. The Morgan fingerprint density at radius 3 is 2.78 bits per heavy atom. The smallest absolute Gasteiger partial charge is 0.126 e. The summed E-state index contributed by atoms with van der Waals surface area (Å²) in [7, 11) is 1.79. The molecule has 0 fully saturated rings. The number of hydrogen-bond acceptors (Lipinski definition) is 3. The molecule has 0 saturated heterocycles. The van der Waals surface area contributed by atoms with Gasteiger partial charge in [0.05, 0.1) is 18.3 Å². The average molecular weight is 320 g/mol. The first-order valence-electron chi connectivity index (χ1n) is 8.87. The van der Waals surface area contributed by atoms with Crippen LogP contribution in [0.5, 0.6) is 11.5 Å². The highest BCUT2D eigenvalue weighted by Gasteiger charge is 2.18. The van der Waals surface area contributed by atoms with Crippen molar-refractivity contribution >= 4 is 0 Å². The Bertz CT molecular complexity index is 496. The number of fused-ring (bicyclic) bond motifs is 1. The van der Waals surface area contributed by atoms with Crippen LogP contribution in [0.1, 0.15) is 58.9 Å².